The Morgan fingerprint density at radius 3 is 2.16 bits per heavy atom. The van der Waals surface area contributed by atoms with E-state index >= 15 is 0 Å². The number of hydrogen-bond acceptors (Lipinski definition) is 3. The molecule has 0 unspecified atom stereocenters. The number of carbonyl (C=O) groups excluding carboxylic acids is 1. The summed E-state index contributed by atoms with van der Waals surface area (Å²) in [7, 11) is 0. The highest BCUT2D eigenvalue weighted by atomic mass is 35.5. The number of nitrogens with one attached hydrogen (secondary N) is 1. The average molecular weight is 359 g/mol. The number of fused-ring (bicyclic) bond motifs is 3. The van der Waals surface area contributed by atoms with Crippen molar-refractivity contribution in [3.8, 4) is 11.1 Å². The van der Waals surface area contributed by atoms with Gasteiger partial charge in [0.15, 0.2) is 0 Å². The van der Waals surface area contributed by atoms with Gasteiger partial charge in [0.05, 0.1) is 0 Å². The van der Waals surface area contributed by atoms with Crippen molar-refractivity contribution in [3.05, 3.63) is 59.7 Å². The Bertz CT molecular complexity index is 728. The molecule has 0 aromatic heterocycles. The van der Waals surface area contributed by atoms with Crippen molar-refractivity contribution in [1.29, 1.82) is 0 Å². The van der Waals surface area contributed by atoms with Gasteiger partial charge in [0.25, 0.3) is 0 Å². The van der Waals surface area contributed by atoms with Gasteiger partial charge in [-0.15, -0.1) is 12.4 Å². The van der Waals surface area contributed by atoms with Crippen molar-refractivity contribution in [2.45, 2.75) is 30.7 Å². The normalized spacial score (nSPS) is 16.8. The molecule has 0 atom stereocenters. The van der Waals surface area contributed by atoms with Gasteiger partial charge < -0.3 is 15.8 Å². The van der Waals surface area contributed by atoms with Crippen LogP contribution in [-0.2, 0) is 4.74 Å². The molecule has 4 nitrogen and oxygen atoms in total. The van der Waals surface area contributed by atoms with Crippen LogP contribution >= 0.6 is 12.4 Å². The van der Waals surface area contributed by atoms with Gasteiger partial charge in [0.2, 0.25) is 0 Å². The molecule has 0 saturated heterocycles. The summed E-state index contributed by atoms with van der Waals surface area (Å²) in [6.45, 7) is 0.834. The molecule has 0 bridgehead atoms. The Morgan fingerprint density at radius 1 is 1.08 bits per heavy atom. The van der Waals surface area contributed by atoms with Crippen LogP contribution in [0.4, 0.5) is 4.79 Å². The van der Waals surface area contributed by atoms with Gasteiger partial charge in [0, 0.05) is 18.0 Å². The van der Waals surface area contributed by atoms with Crippen LogP contribution in [0.1, 0.15) is 36.3 Å². The molecule has 1 amide bonds. The minimum absolute atomic E-state index is 0. The first-order valence-electron chi connectivity index (χ1n) is 8.54. The van der Waals surface area contributed by atoms with E-state index in [-0.39, 0.29) is 30.0 Å². The molecular weight excluding hydrogens is 336 g/mol. The predicted octanol–water partition coefficient (Wildman–Crippen LogP) is 3.83. The number of nitrogens with two attached hydrogens (primary N) is 1. The third-order valence-corrected chi connectivity index (χ3v) is 5.28. The van der Waals surface area contributed by atoms with Crippen molar-refractivity contribution in [2.75, 3.05) is 13.2 Å². The molecule has 3 N–H and O–H groups in total. The van der Waals surface area contributed by atoms with Gasteiger partial charge in [0.1, 0.15) is 6.61 Å². The van der Waals surface area contributed by atoms with Crippen LogP contribution in [0.15, 0.2) is 48.5 Å². The molecule has 2 aliphatic carbocycles. The first-order valence-corrected chi connectivity index (χ1v) is 8.54. The molecule has 1 saturated carbocycles. The van der Waals surface area contributed by atoms with E-state index in [2.05, 4.69) is 29.6 Å². The van der Waals surface area contributed by atoms with Gasteiger partial charge in [-0.05, 0) is 41.5 Å². The van der Waals surface area contributed by atoms with Gasteiger partial charge in [-0.1, -0.05) is 48.5 Å². The average Bonchev–Trinajstić information content (AvgIpc) is 2.90. The second kappa shape index (κ2) is 7.06. The van der Waals surface area contributed by atoms with Crippen molar-refractivity contribution >= 4 is 18.5 Å². The van der Waals surface area contributed by atoms with Crippen molar-refractivity contribution < 1.29 is 9.53 Å². The predicted molar refractivity (Wildman–Crippen MR) is 101 cm³/mol. The molecule has 25 heavy (non-hydrogen) atoms. The third-order valence-electron chi connectivity index (χ3n) is 5.28. The van der Waals surface area contributed by atoms with E-state index in [1.807, 2.05) is 24.3 Å². The summed E-state index contributed by atoms with van der Waals surface area (Å²) in [5.74, 6) is 0.0960. The maximum Gasteiger partial charge on any atom is 0.407 e. The molecule has 132 valence electrons. The van der Waals surface area contributed by atoms with Crippen LogP contribution in [0.25, 0.3) is 11.1 Å². The largest absolute Gasteiger partial charge is 0.449 e. The molecule has 1 fully saturated rings. The zero-order chi connectivity index (χ0) is 16.6. The van der Waals surface area contributed by atoms with Crippen LogP contribution in [0.2, 0.25) is 0 Å². The van der Waals surface area contributed by atoms with E-state index in [0.717, 1.165) is 19.3 Å². The highest BCUT2D eigenvalue weighted by Crippen LogP contribution is 2.44. The Morgan fingerprint density at radius 2 is 1.64 bits per heavy atom. The minimum Gasteiger partial charge on any atom is -0.449 e. The Balaban J connectivity index is 0.00000182. The van der Waals surface area contributed by atoms with Crippen LogP contribution in [-0.4, -0.2) is 24.8 Å². The summed E-state index contributed by atoms with van der Waals surface area (Å²) < 4.78 is 5.50. The molecule has 4 rings (SSSR count). The molecule has 0 radical (unpaired) electrons. The maximum absolute atomic E-state index is 12.0. The SMILES string of the molecule is Cl.NC1(CNC(=O)OCC2c3ccccc3-c3ccccc32)CCC1. The lowest BCUT2D eigenvalue weighted by Crippen LogP contribution is -2.55. The number of amides is 1. The fourth-order valence-electron chi connectivity index (χ4n) is 3.71. The van der Waals surface area contributed by atoms with Crippen LogP contribution in [0.5, 0.6) is 0 Å². The fraction of sp³-hybridized carbons (Fsp3) is 0.350. The number of alkyl carbamates (subject to hydrolysis) is 1. The summed E-state index contributed by atoms with van der Waals surface area (Å²) in [5, 5.41) is 2.81. The van der Waals surface area contributed by atoms with Crippen molar-refractivity contribution in [3.63, 3.8) is 0 Å². The Labute approximate surface area is 154 Å². The van der Waals surface area contributed by atoms with Gasteiger partial charge >= 0.3 is 6.09 Å². The van der Waals surface area contributed by atoms with Crippen LogP contribution in [0, 0.1) is 0 Å². The topological polar surface area (TPSA) is 64.3 Å². The van der Waals surface area contributed by atoms with E-state index in [1.165, 1.54) is 22.3 Å². The first kappa shape index (κ1) is 17.8. The second-order valence-electron chi connectivity index (χ2n) is 6.90. The van der Waals surface area contributed by atoms with Crippen molar-refractivity contribution in [2.24, 2.45) is 5.73 Å². The molecule has 2 aromatic carbocycles. The van der Waals surface area contributed by atoms with E-state index < -0.39 is 0 Å². The molecule has 2 aliphatic rings. The smallest absolute Gasteiger partial charge is 0.407 e. The number of hydrogen-bond donors (Lipinski definition) is 2. The quantitative estimate of drug-likeness (QED) is 0.873. The molecule has 0 spiro atoms. The molecule has 5 heteroatoms. The van der Waals surface area contributed by atoms with E-state index in [1.54, 1.807) is 0 Å². The number of halogens is 1. The fourth-order valence-corrected chi connectivity index (χ4v) is 3.71. The summed E-state index contributed by atoms with van der Waals surface area (Å²) in [6.07, 6.45) is 2.70. The van der Waals surface area contributed by atoms with Crippen molar-refractivity contribution in [1.82, 2.24) is 5.32 Å². The summed E-state index contributed by atoms with van der Waals surface area (Å²) in [5.41, 5.74) is 10.8. The maximum atomic E-state index is 12.0. The summed E-state index contributed by atoms with van der Waals surface area (Å²) in [4.78, 5) is 12.0. The van der Waals surface area contributed by atoms with Gasteiger partial charge in [-0.3, -0.25) is 0 Å². The number of carbonyl (C=O) groups is 1. The zero-order valence-electron chi connectivity index (χ0n) is 14.0. The summed E-state index contributed by atoms with van der Waals surface area (Å²) >= 11 is 0. The number of benzene rings is 2. The zero-order valence-corrected chi connectivity index (χ0v) is 14.9. The van der Waals surface area contributed by atoms with E-state index in [0.29, 0.717) is 13.2 Å². The minimum atomic E-state index is -0.381. The lowest BCUT2D eigenvalue weighted by atomic mass is 9.78. The summed E-state index contributed by atoms with van der Waals surface area (Å²) in [6, 6.07) is 16.6. The van der Waals surface area contributed by atoms with E-state index in [4.69, 9.17) is 10.5 Å². The molecule has 0 heterocycles. The number of ether oxygens (including phenoxy) is 1. The highest BCUT2D eigenvalue weighted by molar-refractivity contribution is 5.85. The van der Waals surface area contributed by atoms with Gasteiger partial charge in [-0.2, -0.15) is 0 Å². The molecule has 0 aliphatic heterocycles. The lowest BCUT2D eigenvalue weighted by molar-refractivity contribution is 0.135. The lowest BCUT2D eigenvalue weighted by Gasteiger charge is -2.37. The third kappa shape index (κ3) is 3.37. The standard InChI is InChI=1S/C20H22N2O2.ClH/c21-20(10-5-11-20)13-22-19(23)24-12-18-16-8-3-1-6-14(16)15-7-2-4-9-17(15)18;/h1-4,6-9,18H,5,10-13,21H2,(H,22,23);1H. The Hall–Kier alpha value is -2.04. The highest BCUT2D eigenvalue weighted by Gasteiger charge is 2.33. The Kier molecular flexibility index (Phi) is 5.02. The molecule has 2 aromatic rings. The first-order chi connectivity index (χ1) is 11.7. The number of rotatable bonds is 4. The monoisotopic (exact) mass is 358 g/mol. The van der Waals surface area contributed by atoms with Crippen LogP contribution in [0.3, 0.4) is 0 Å². The molecular formula is C20H23ClN2O2. The van der Waals surface area contributed by atoms with Crippen LogP contribution < -0.4 is 11.1 Å². The van der Waals surface area contributed by atoms with E-state index in [9.17, 15) is 4.79 Å². The van der Waals surface area contributed by atoms with Gasteiger partial charge in [-0.25, -0.2) is 4.79 Å². The second-order valence-corrected chi connectivity index (χ2v) is 6.90.